The molecule has 0 atom stereocenters. The summed E-state index contributed by atoms with van der Waals surface area (Å²) < 4.78 is 19.6. The van der Waals surface area contributed by atoms with Crippen LogP contribution in [0.1, 0.15) is 24.2 Å². The van der Waals surface area contributed by atoms with E-state index in [-0.39, 0.29) is 23.7 Å². The molecule has 1 heterocycles. The molecule has 1 aliphatic rings. The standard InChI is InChI=1S/C21H27FN4O2/c1-26(2)19(27)14-24-20(23-12-9-16-6-5-13-28-16)25-15-21(10-11-21)17-7-3-4-8-18(17)22/h3-8,13H,9-12,14-15H2,1-2H3,(H2,23,24,25). The third kappa shape index (κ3) is 5.12. The van der Waals surface area contributed by atoms with E-state index in [1.54, 1.807) is 26.4 Å². The number of likely N-dealkylation sites (N-methyl/N-ethyl adjacent to an activating group) is 1. The Morgan fingerprint density at radius 1 is 1.21 bits per heavy atom. The van der Waals surface area contributed by atoms with Gasteiger partial charge in [-0.25, -0.2) is 9.38 Å². The molecule has 1 aliphatic carbocycles. The van der Waals surface area contributed by atoms with Gasteiger partial charge in [0, 0.05) is 39.0 Å². The Morgan fingerprint density at radius 2 is 2.00 bits per heavy atom. The molecular formula is C21H27FN4O2. The highest BCUT2D eigenvalue weighted by Crippen LogP contribution is 2.48. The molecule has 1 aromatic heterocycles. The van der Waals surface area contributed by atoms with Crippen molar-refractivity contribution in [1.82, 2.24) is 15.5 Å². The Bertz CT molecular complexity index is 814. The average Bonchev–Trinajstić information content (AvgIpc) is 3.28. The molecule has 3 rings (SSSR count). The van der Waals surface area contributed by atoms with Gasteiger partial charge in [-0.2, -0.15) is 0 Å². The minimum Gasteiger partial charge on any atom is -0.469 e. The summed E-state index contributed by atoms with van der Waals surface area (Å²) in [7, 11) is 3.40. The van der Waals surface area contributed by atoms with Gasteiger partial charge in [0.25, 0.3) is 0 Å². The lowest BCUT2D eigenvalue weighted by Crippen LogP contribution is -2.43. The van der Waals surface area contributed by atoms with Crippen molar-refractivity contribution < 1.29 is 13.6 Å². The van der Waals surface area contributed by atoms with Crippen molar-refractivity contribution in [1.29, 1.82) is 0 Å². The summed E-state index contributed by atoms with van der Waals surface area (Å²) in [6, 6.07) is 10.7. The molecule has 150 valence electrons. The molecule has 0 spiro atoms. The van der Waals surface area contributed by atoms with Gasteiger partial charge in [-0.3, -0.25) is 4.79 Å². The van der Waals surface area contributed by atoms with Gasteiger partial charge in [0.2, 0.25) is 5.91 Å². The van der Waals surface area contributed by atoms with Gasteiger partial charge in [-0.05, 0) is 36.6 Å². The van der Waals surface area contributed by atoms with Crippen LogP contribution in [0.25, 0.3) is 0 Å². The van der Waals surface area contributed by atoms with Crippen LogP contribution in [-0.4, -0.2) is 50.5 Å². The van der Waals surface area contributed by atoms with E-state index in [2.05, 4.69) is 15.6 Å². The molecule has 0 saturated heterocycles. The highest BCUT2D eigenvalue weighted by molar-refractivity contribution is 5.84. The van der Waals surface area contributed by atoms with Gasteiger partial charge >= 0.3 is 0 Å². The van der Waals surface area contributed by atoms with E-state index in [1.807, 2.05) is 24.3 Å². The van der Waals surface area contributed by atoms with Crippen molar-refractivity contribution in [3.63, 3.8) is 0 Å². The number of carbonyl (C=O) groups excluding carboxylic acids is 1. The number of nitrogens with one attached hydrogen (secondary N) is 2. The van der Waals surface area contributed by atoms with E-state index in [9.17, 15) is 9.18 Å². The predicted octanol–water partition coefficient (Wildman–Crippen LogP) is 2.32. The molecule has 0 bridgehead atoms. The molecule has 2 N–H and O–H groups in total. The Labute approximate surface area is 164 Å². The van der Waals surface area contributed by atoms with Crippen molar-refractivity contribution in [3.05, 3.63) is 59.8 Å². The second-order valence-electron chi connectivity index (χ2n) is 7.32. The molecular weight excluding hydrogens is 359 g/mol. The molecule has 6 nitrogen and oxygen atoms in total. The van der Waals surface area contributed by atoms with E-state index in [4.69, 9.17) is 4.42 Å². The summed E-state index contributed by atoms with van der Waals surface area (Å²) in [6.07, 6.45) is 4.20. The first kappa shape index (κ1) is 19.9. The van der Waals surface area contributed by atoms with Crippen LogP contribution in [0.2, 0.25) is 0 Å². The molecule has 7 heteroatoms. The number of amides is 1. The first-order chi connectivity index (χ1) is 13.5. The number of benzene rings is 1. The summed E-state index contributed by atoms with van der Waals surface area (Å²) in [5.41, 5.74) is 0.530. The van der Waals surface area contributed by atoms with Crippen molar-refractivity contribution in [2.75, 3.05) is 33.7 Å². The van der Waals surface area contributed by atoms with Crippen LogP contribution >= 0.6 is 0 Å². The van der Waals surface area contributed by atoms with Crippen molar-refractivity contribution in [2.24, 2.45) is 4.99 Å². The van der Waals surface area contributed by atoms with Crippen LogP contribution in [0.4, 0.5) is 4.39 Å². The second-order valence-corrected chi connectivity index (χ2v) is 7.32. The van der Waals surface area contributed by atoms with Crippen LogP contribution in [-0.2, 0) is 16.6 Å². The number of halogens is 1. The minimum absolute atomic E-state index is 0.0514. The first-order valence-corrected chi connectivity index (χ1v) is 9.50. The zero-order chi connectivity index (χ0) is 20.0. The van der Waals surface area contributed by atoms with Gasteiger partial charge in [-0.15, -0.1) is 0 Å². The summed E-state index contributed by atoms with van der Waals surface area (Å²) >= 11 is 0. The van der Waals surface area contributed by atoms with Crippen LogP contribution in [0.15, 0.2) is 52.1 Å². The molecule has 28 heavy (non-hydrogen) atoms. The zero-order valence-corrected chi connectivity index (χ0v) is 16.4. The topological polar surface area (TPSA) is 69.9 Å². The van der Waals surface area contributed by atoms with Gasteiger partial charge in [0.05, 0.1) is 6.26 Å². The molecule has 1 saturated carbocycles. The van der Waals surface area contributed by atoms with Gasteiger partial charge < -0.3 is 20.0 Å². The second kappa shape index (κ2) is 8.91. The lowest BCUT2D eigenvalue weighted by molar-refractivity contribution is -0.127. The summed E-state index contributed by atoms with van der Waals surface area (Å²) in [4.78, 5) is 17.8. The average molecular weight is 386 g/mol. The van der Waals surface area contributed by atoms with E-state index in [0.717, 1.165) is 24.2 Å². The monoisotopic (exact) mass is 386 g/mol. The molecule has 0 aliphatic heterocycles. The van der Waals surface area contributed by atoms with Gasteiger partial charge in [0.15, 0.2) is 5.96 Å². The molecule has 0 radical (unpaired) electrons. The SMILES string of the molecule is CN(C)C(=O)CN=C(NCCc1ccco1)NCC1(c2ccccc2F)CC1. The van der Waals surface area contributed by atoms with Gasteiger partial charge in [-0.1, -0.05) is 18.2 Å². The molecule has 1 fully saturated rings. The van der Waals surface area contributed by atoms with Crippen LogP contribution in [0.5, 0.6) is 0 Å². The fourth-order valence-electron chi connectivity index (χ4n) is 3.06. The van der Waals surface area contributed by atoms with Crippen molar-refractivity contribution in [2.45, 2.75) is 24.7 Å². The lowest BCUT2D eigenvalue weighted by Gasteiger charge is -2.20. The van der Waals surface area contributed by atoms with Crippen molar-refractivity contribution >= 4 is 11.9 Å². The van der Waals surface area contributed by atoms with Crippen LogP contribution < -0.4 is 10.6 Å². The molecule has 2 aromatic rings. The fraction of sp³-hybridized carbons (Fsp3) is 0.429. The van der Waals surface area contributed by atoms with Crippen LogP contribution in [0, 0.1) is 5.82 Å². The largest absolute Gasteiger partial charge is 0.469 e. The summed E-state index contributed by atoms with van der Waals surface area (Å²) in [6.45, 7) is 1.23. The number of aliphatic imine (C=N–C) groups is 1. The normalized spacial score (nSPS) is 15.2. The highest BCUT2D eigenvalue weighted by Gasteiger charge is 2.45. The Morgan fingerprint density at radius 3 is 2.64 bits per heavy atom. The van der Waals surface area contributed by atoms with E-state index >= 15 is 0 Å². The smallest absolute Gasteiger partial charge is 0.243 e. The number of guanidine groups is 1. The fourth-order valence-corrected chi connectivity index (χ4v) is 3.06. The Balaban J connectivity index is 1.62. The van der Waals surface area contributed by atoms with Gasteiger partial charge in [0.1, 0.15) is 18.1 Å². The maximum atomic E-state index is 14.2. The zero-order valence-electron chi connectivity index (χ0n) is 16.4. The number of rotatable bonds is 8. The lowest BCUT2D eigenvalue weighted by atomic mass is 9.95. The predicted molar refractivity (Wildman–Crippen MR) is 107 cm³/mol. The maximum absolute atomic E-state index is 14.2. The molecule has 0 unspecified atom stereocenters. The van der Waals surface area contributed by atoms with Crippen LogP contribution in [0.3, 0.4) is 0 Å². The van der Waals surface area contributed by atoms with E-state index < -0.39 is 0 Å². The number of furan rings is 1. The number of nitrogens with zero attached hydrogens (tertiary/aromatic N) is 2. The summed E-state index contributed by atoms with van der Waals surface area (Å²) in [5.74, 6) is 1.17. The molecule has 1 amide bonds. The Hall–Kier alpha value is -2.83. The highest BCUT2D eigenvalue weighted by atomic mass is 19.1. The number of hydrogen-bond donors (Lipinski definition) is 2. The van der Waals surface area contributed by atoms with E-state index in [0.29, 0.717) is 25.5 Å². The number of carbonyl (C=O) groups is 1. The minimum atomic E-state index is -0.208. The molecule has 1 aromatic carbocycles. The third-order valence-electron chi connectivity index (χ3n) is 5.01. The first-order valence-electron chi connectivity index (χ1n) is 9.50. The summed E-state index contributed by atoms with van der Waals surface area (Å²) in [5, 5.41) is 6.53. The van der Waals surface area contributed by atoms with Crippen molar-refractivity contribution in [3.8, 4) is 0 Å². The quantitative estimate of drug-likeness (QED) is 0.540. The third-order valence-corrected chi connectivity index (χ3v) is 5.01. The number of hydrogen-bond acceptors (Lipinski definition) is 3. The van der Waals surface area contributed by atoms with E-state index in [1.165, 1.54) is 11.0 Å². The maximum Gasteiger partial charge on any atom is 0.243 e. The Kier molecular flexibility index (Phi) is 6.34.